The molecule has 1 amide bonds. The van der Waals surface area contributed by atoms with E-state index in [-0.39, 0.29) is 24.2 Å². The predicted octanol–water partition coefficient (Wildman–Crippen LogP) is 1.21. The summed E-state index contributed by atoms with van der Waals surface area (Å²) in [4.78, 5) is 11.3. The molecule has 0 aliphatic heterocycles. The number of nitrogens with zero attached hydrogens (tertiary/aromatic N) is 1. The zero-order valence-electron chi connectivity index (χ0n) is 9.49. The van der Waals surface area contributed by atoms with Gasteiger partial charge in [-0.15, -0.1) is 0 Å². The van der Waals surface area contributed by atoms with Crippen LogP contribution in [0.3, 0.4) is 0 Å². The molecule has 0 aromatic rings. The van der Waals surface area contributed by atoms with Gasteiger partial charge in [0.25, 0.3) is 0 Å². The highest BCUT2D eigenvalue weighted by atomic mass is 16.4. The monoisotopic (exact) mass is 215 g/mol. The molecular formula is C10H21N3O2. The average molecular weight is 215 g/mol. The van der Waals surface area contributed by atoms with Crippen LogP contribution in [0.5, 0.6) is 0 Å². The maximum atomic E-state index is 11.3. The summed E-state index contributed by atoms with van der Waals surface area (Å²) in [5.41, 5.74) is 5.21. The number of unbranched alkanes of at least 4 members (excludes halogenated alkanes) is 2. The molecule has 0 heterocycles. The Kier molecular flexibility index (Phi) is 7.40. The third-order valence-corrected chi connectivity index (χ3v) is 2.12. The van der Waals surface area contributed by atoms with E-state index in [1.165, 1.54) is 12.8 Å². The molecule has 4 N–H and O–H groups in total. The molecule has 0 saturated heterocycles. The summed E-state index contributed by atoms with van der Waals surface area (Å²) < 4.78 is 0. The van der Waals surface area contributed by atoms with Gasteiger partial charge in [-0.2, -0.15) is 0 Å². The maximum Gasteiger partial charge on any atom is 0.227 e. The summed E-state index contributed by atoms with van der Waals surface area (Å²) in [5.74, 6) is -0.262. The summed E-state index contributed by atoms with van der Waals surface area (Å²) in [5, 5.41) is 13.8. The lowest BCUT2D eigenvalue weighted by Gasteiger charge is -2.12. The first-order valence-corrected chi connectivity index (χ1v) is 5.35. The molecular weight excluding hydrogens is 194 g/mol. The number of amides is 1. The summed E-state index contributed by atoms with van der Waals surface area (Å²) in [7, 11) is 0. The van der Waals surface area contributed by atoms with E-state index in [9.17, 15) is 4.79 Å². The quantitative estimate of drug-likeness (QED) is 0.196. The summed E-state index contributed by atoms with van der Waals surface area (Å²) in [6.07, 6.45) is 4.39. The second-order valence-corrected chi connectivity index (χ2v) is 3.73. The van der Waals surface area contributed by atoms with Crippen LogP contribution in [0.25, 0.3) is 0 Å². The molecule has 0 aliphatic carbocycles. The maximum absolute atomic E-state index is 11.3. The normalized spacial score (nSPS) is 13.6. The summed E-state index contributed by atoms with van der Waals surface area (Å²) in [6.45, 7) is 4.10. The molecule has 1 unspecified atom stereocenters. The first kappa shape index (κ1) is 13.7. The molecule has 0 aromatic carbocycles. The zero-order chi connectivity index (χ0) is 11.7. The van der Waals surface area contributed by atoms with Gasteiger partial charge in [-0.1, -0.05) is 31.3 Å². The van der Waals surface area contributed by atoms with Crippen LogP contribution in [-0.4, -0.2) is 23.0 Å². The smallest absolute Gasteiger partial charge is 0.227 e. The number of hydrogen-bond acceptors (Lipinski definition) is 3. The van der Waals surface area contributed by atoms with Gasteiger partial charge >= 0.3 is 0 Å². The molecule has 5 heteroatoms. The molecule has 0 fully saturated rings. The van der Waals surface area contributed by atoms with E-state index in [1.54, 1.807) is 0 Å². The zero-order valence-corrected chi connectivity index (χ0v) is 9.49. The van der Waals surface area contributed by atoms with Crippen LogP contribution in [0.2, 0.25) is 0 Å². The van der Waals surface area contributed by atoms with Crippen molar-refractivity contribution in [3.8, 4) is 0 Å². The highest BCUT2D eigenvalue weighted by Gasteiger charge is 2.08. The van der Waals surface area contributed by atoms with Gasteiger partial charge in [0.1, 0.15) is 5.84 Å². The Morgan fingerprint density at radius 2 is 2.20 bits per heavy atom. The molecule has 0 radical (unpaired) electrons. The number of amidine groups is 1. The third-order valence-electron chi connectivity index (χ3n) is 2.12. The molecule has 0 spiro atoms. The fourth-order valence-electron chi connectivity index (χ4n) is 1.30. The van der Waals surface area contributed by atoms with Crippen LogP contribution in [-0.2, 0) is 4.79 Å². The Morgan fingerprint density at radius 3 is 2.73 bits per heavy atom. The van der Waals surface area contributed by atoms with E-state index in [4.69, 9.17) is 10.9 Å². The van der Waals surface area contributed by atoms with Gasteiger partial charge in [0.05, 0.1) is 6.42 Å². The standard InChI is InChI=1S/C10H21N3O2/c1-3-4-5-6-8(2)12-10(14)7-9(11)13-15/h8,15H,3-7H2,1-2H3,(H2,11,13)(H,12,14). The Balaban J connectivity index is 3.67. The highest BCUT2D eigenvalue weighted by Crippen LogP contribution is 2.02. The average Bonchev–Trinajstić information content (AvgIpc) is 2.17. The van der Waals surface area contributed by atoms with E-state index in [0.29, 0.717) is 0 Å². The SMILES string of the molecule is CCCCCC(C)NC(=O)CC(N)=NO. The lowest BCUT2D eigenvalue weighted by Crippen LogP contribution is -2.35. The molecule has 0 bridgehead atoms. The van der Waals surface area contributed by atoms with Crippen molar-refractivity contribution in [1.29, 1.82) is 0 Å². The van der Waals surface area contributed by atoms with Gasteiger partial charge in [0, 0.05) is 6.04 Å². The molecule has 0 aliphatic rings. The fourth-order valence-corrected chi connectivity index (χ4v) is 1.30. The summed E-state index contributed by atoms with van der Waals surface area (Å²) >= 11 is 0. The minimum Gasteiger partial charge on any atom is -0.409 e. The number of carbonyl (C=O) groups is 1. The Labute approximate surface area is 90.7 Å². The van der Waals surface area contributed by atoms with Gasteiger partial charge < -0.3 is 16.3 Å². The topological polar surface area (TPSA) is 87.7 Å². The number of nitrogens with one attached hydrogen (secondary N) is 1. The van der Waals surface area contributed by atoms with Crippen LogP contribution in [0, 0.1) is 0 Å². The minimum absolute atomic E-state index is 0.0470. The van der Waals surface area contributed by atoms with Crippen molar-refractivity contribution in [3.05, 3.63) is 0 Å². The lowest BCUT2D eigenvalue weighted by atomic mass is 10.1. The molecule has 0 aromatic heterocycles. The second-order valence-electron chi connectivity index (χ2n) is 3.73. The summed E-state index contributed by atoms with van der Waals surface area (Å²) in [6, 6.07) is 0.149. The number of carbonyl (C=O) groups excluding carboxylic acids is 1. The van der Waals surface area contributed by atoms with Crippen molar-refractivity contribution >= 4 is 11.7 Å². The van der Waals surface area contributed by atoms with Gasteiger partial charge in [-0.25, -0.2) is 0 Å². The molecule has 1 atom stereocenters. The number of nitrogens with two attached hydrogens (primary N) is 1. The second kappa shape index (κ2) is 8.08. The number of oxime groups is 1. The Bertz CT molecular complexity index is 217. The van der Waals surface area contributed by atoms with Crippen molar-refractivity contribution in [3.63, 3.8) is 0 Å². The van der Waals surface area contributed by atoms with Crippen molar-refractivity contribution in [1.82, 2.24) is 5.32 Å². The van der Waals surface area contributed by atoms with Crippen molar-refractivity contribution < 1.29 is 10.0 Å². The van der Waals surface area contributed by atoms with Crippen LogP contribution in [0.1, 0.15) is 46.0 Å². The van der Waals surface area contributed by atoms with Gasteiger partial charge in [-0.3, -0.25) is 4.79 Å². The first-order chi connectivity index (χ1) is 7.10. The third kappa shape index (κ3) is 7.78. The largest absolute Gasteiger partial charge is 0.409 e. The molecule has 0 saturated carbocycles. The van der Waals surface area contributed by atoms with Gasteiger partial charge in [0.2, 0.25) is 5.91 Å². The molecule has 5 nitrogen and oxygen atoms in total. The Hall–Kier alpha value is -1.26. The van der Waals surface area contributed by atoms with Gasteiger partial charge in [-0.05, 0) is 13.3 Å². The van der Waals surface area contributed by atoms with Crippen LogP contribution >= 0.6 is 0 Å². The van der Waals surface area contributed by atoms with Crippen molar-refractivity contribution in [2.75, 3.05) is 0 Å². The molecule has 88 valence electrons. The first-order valence-electron chi connectivity index (χ1n) is 5.35. The number of rotatable bonds is 7. The van der Waals surface area contributed by atoms with E-state index in [1.807, 2.05) is 6.92 Å². The van der Waals surface area contributed by atoms with E-state index in [0.717, 1.165) is 12.8 Å². The predicted molar refractivity (Wildman–Crippen MR) is 59.8 cm³/mol. The van der Waals surface area contributed by atoms with Crippen LogP contribution in [0.4, 0.5) is 0 Å². The Morgan fingerprint density at radius 1 is 1.53 bits per heavy atom. The lowest BCUT2D eigenvalue weighted by molar-refractivity contribution is -0.120. The number of hydrogen-bond donors (Lipinski definition) is 3. The molecule has 0 rings (SSSR count). The van der Waals surface area contributed by atoms with E-state index < -0.39 is 0 Å². The van der Waals surface area contributed by atoms with Crippen LogP contribution < -0.4 is 11.1 Å². The minimum atomic E-state index is -0.200. The highest BCUT2D eigenvalue weighted by molar-refractivity contribution is 5.98. The van der Waals surface area contributed by atoms with Crippen molar-refractivity contribution in [2.45, 2.75) is 52.0 Å². The van der Waals surface area contributed by atoms with Crippen molar-refractivity contribution in [2.24, 2.45) is 10.9 Å². The molecule has 15 heavy (non-hydrogen) atoms. The van der Waals surface area contributed by atoms with Gasteiger partial charge in [0.15, 0.2) is 0 Å². The van der Waals surface area contributed by atoms with E-state index in [2.05, 4.69) is 17.4 Å². The van der Waals surface area contributed by atoms with Crippen LogP contribution in [0.15, 0.2) is 5.16 Å². The fraction of sp³-hybridized carbons (Fsp3) is 0.800. The van der Waals surface area contributed by atoms with E-state index >= 15 is 0 Å².